The molecule has 4 heterocycles. The fraction of sp³-hybridized carbons (Fsp3) is 0.385. The Kier molecular flexibility index (Phi) is 16.9. The first kappa shape index (κ1) is 47.0. The minimum Gasteiger partial charge on any atom is -0.497 e. The molecular formula is C52H60N8O6. The Morgan fingerprint density at radius 1 is 0.606 bits per heavy atom. The maximum Gasteiger partial charge on any atom is 0.250 e. The molecule has 4 aromatic rings. The Labute approximate surface area is 388 Å². The van der Waals surface area contributed by atoms with Crippen LogP contribution >= 0.6 is 0 Å². The van der Waals surface area contributed by atoms with Crippen LogP contribution in [0.4, 0.5) is 11.4 Å². The molecule has 14 nitrogen and oxygen atoms in total. The highest BCUT2D eigenvalue weighted by Gasteiger charge is 2.22. The van der Waals surface area contributed by atoms with E-state index in [4.69, 9.17) is 24.2 Å². The van der Waals surface area contributed by atoms with Crippen molar-refractivity contribution in [1.29, 1.82) is 10.5 Å². The molecule has 4 aromatic carbocycles. The Hall–Kier alpha value is -7.00. The molecule has 0 unspecified atom stereocenters. The number of unbranched alkanes of at least 4 members (excludes halogenated alkanes) is 2. The van der Waals surface area contributed by atoms with Gasteiger partial charge in [-0.25, -0.2) is 0 Å². The van der Waals surface area contributed by atoms with Gasteiger partial charge in [-0.2, -0.15) is 10.5 Å². The van der Waals surface area contributed by atoms with Crippen molar-refractivity contribution in [3.8, 4) is 35.1 Å². The highest BCUT2D eigenvalue weighted by atomic mass is 16.5. The lowest BCUT2D eigenvalue weighted by Crippen LogP contribution is -2.47. The van der Waals surface area contributed by atoms with E-state index in [1.165, 1.54) is 5.69 Å². The minimum atomic E-state index is -0.0757. The Morgan fingerprint density at radius 3 is 1.59 bits per heavy atom. The van der Waals surface area contributed by atoms with Crippen LogP contribution < -0.4 is 39.4 Å². The number of piperazine rings is 2. The van der Waals surface area contributed by atoms with E-state index in [0.717, 1.165) is 137 Å². The first-order valence-corrected chi connectivity index (χ1v) is 22.9. The molecule has 2 N–H and O–H groups in total. The molecule has 8 rings (SSSR count). The molecule has 4 aliphatic heterocycles. The van der Waals surface area contributed by atoms with Crippen LogP contribution in [0.3, 0.4) is 0 Å². The molecule has 2 amide bonds. The van der Waals surface area contributed by atoms with Crippen molar-refractivity contribution < 1.29 is 28.5 Å². The van der Waals surface area contributed by atoms with Gasteiger partial charge in [-0.3, -0.25) is 19.4 Å². The number of rotatable bonds is 16. The summed E-state index contributed by atoms with van der Waals surface area (Å²) in [5, 5.41) is 24.3. The summed E-state index contributed by atoms with van der Waals surface area (Å²) in [6, 6.07) is 31.2. The van der Waals surface area contributed by atoms with E-state index in [2.05, 4.69) is 42.4 Å². The molecule has 2 fully saturated rings. The number of carbonyl (C=O) groups is 2. The molecule has 0 atom stereocenters. The van der Waals surface area contributed by atoms with E-state index >= 15 is 0 Å². The highest BCUT2D eigenvalue weighted by molar-refractivity contribution is 5.99. The number of carbonyl (C=O) groups excluding carboxylic acids is 2. The van der Waals surface area contributed by atoms with Gasteiger partial charge in [0.25, 0.3) is 11.8 Å². The van der Waals surface area contributed by atoms with Gasteiger partial charge in [0.2, 0.25) is 0 Å². The monoisotopic (exact) mass is 892 g/mol. The fourth-order valence-electron chi connectivity index (χ4n) is 8.41. The van der Waals surface area contributed by atoms with E-state index in [9.17, 15) is 14.9 Å². The van der Waals surface area contributed by atoms with Crippen molar-refractivity contribution in [3.05, 3.63) is 118 Å². The molecule has 66 heavy (non-hydrogen) atoms. The minimum absolute atomic E-state index is 0.0699. The summed E-state index contributed by atoms with van der Waals surface area (Å²) in [6.07, 6.45) is 7.71. The number of hydrogen-bond donors (Lipinski definition) is 2. The van der Waals surface area contributed by atoms with E-state index in [1.54, 1.807) is 14.2 Å². The number of anilines is 2. The van der Waals surface area contributed by atoms with Gasteiger partial charge < -0.3 is 39.4 Å². The summed E-state index contributed by atoms with van der Waals surface area (Å²) in [7, 11) is 3.24. The number of methoxy groups -OCH3 is 2. The zero-order valence-electron chi connectivity index (χ0n) is 38.1. The van der Waals surface area contributed by atoms with Gasteiger partial charge in [-0.15, -0.1) is 0 Å². The van der Waals surface area contributed by atoms with Crippen LogP contribution in [0.25, 0.3) is 12.2 Å². The average Bonchev–Trinajstić information content (AvgIpc) is 3.38. The number of hydrogen-bond acceptors (Lipinski definition) is 12. The maximum absolute atomic E-state index is 12.5. The first-order valence-electron chi connectivity index (χ1n) is 22.9. The van der Waals surface area contributed by atoms with Gasteiger partial charge in [0.15, 0.2) is 0 Å². The lowest BCUT2D eigenvalue weighted by atomic mass is 10.1. The van der Waals surface area contributed by atoms with Crippen LogP contribution in [0.2, 0.25) is 0 Å². The number of ether oxygens (including phenoxy) is 4. The number of nitriles is 2. The molecule has 4 aliphatic rings. The Bertz CT molecular complexity index is 2420. The fourth-order valence-corrected chi connectivity index (χ4v) is 8.41. The molecule has 0 aliphatic carbocycles. The lowest BCUT2D eigenvalue weighted by Gasteiger charge is -2.36. The van der Waals surface area contributed by atoms with Crippen molar-refractivity contribution in [2.45, 2.75) is 25.7 Å². The van der Waals surface area contributed by atoms with Crippen LogP contribution in [0, 0.1) is 22.7 Å². The van der Waals surface area contributed by atoms with Crippen molar-refractivity contribution in [1.82, 2.24) is 20.4 Å². The lowest BCUT2D eigenvalue weighted by molar-refractivity contribution is -0.118. The van der Waals surface area contributed by atoms with E-state index in [-0.39, 0.29) is 25.0 Å². The highest BCUT2D eigenvalue weighted by Crippen LogP contribution is 2.31. The van der Waals surface area contributed by atoms with Crippen molar-refractivity contribution in [2.24, 2.45) is 0 Å². The van der Waals surface area contributed by atoms with Crippen LogP contribution in [-0.2, 0) is 9.59 Å². The second-order valence-electron chi connectivity index (χ2n) is 16.6. The standard InChI is InChI=1S/2C26H30N4O3/c1-32-24-8-9-25-21(17-24)16-22(19-33-25)26(31)28-10-2-3-11-29-12-14-30(15-13-29)23-6-4-20(18-27)5-7-23;1-32-23-8-9-25-21(17-23)16-22(19-33-25)26(31)28-10-4-5-11-29-12-14-30(15-13-29)24-7-3-2-6-20(24)18-27/h4-9,16-17H,2-3,10-15,19H2,1H3,(H,28,31);2-3,6-9,16-17H,4-5,10-15,19H2,1H3,(H,28,31). The van der Waals surface area contributed by atoms with Gasteiger partial charge in [-0.1, -0.05) is 12.1 Å². The third-order valence-electron chi connectivity index (χ3n) is 12.3. The normalized spacial score (nSPS) is 15.6. The molecule has 344 valence electrons. The average molecular weight is 893 g/mol. The predicted octanol–water partition coefficient (Wildman–Crippen LogP) is 6.12. The van der Waals surface area contributed by atoms with Gasteiger partial charge in [0.05, 0.1) is 48.2 Å². The SMILES string of the molecule is COc1ccc2c(c1)C=C(C(=O)NCCCCN1CCN(c3ccc(C#N)cc3)CC1)CO2.COc1ccc2c(c1)C=C(C(=O)NCCCCN1CCN(c3ccccc3C#N)CC1)CO2. The molecule has 14 heteroatoms. The first-order chi connectivity index (χ1) is 32.3. The van der Waals surface area contributed by atoms with Gasteiger partial charge in [0, 0.05) is 82.3 Å². The zero-order valence-corrected chi connectivity index (χ0v) is 38.1. The third kappa shape index (κ3) is 12.8. The summed E-state index contributed by atoms with van der Waals surface area (Å²) in [6.45, 7) is 11.8. The summed E-state index contributed by atoms with van der Waals surface area (Å²) < 4.78 is 21.9. The number of fused-ring (bicyclic) bond motifs is 2. The van der Waals surface area contributed by atoms with Gasteiger partial charge >= 0.3 is 0 Å². The van der Waals surface area contributed by atoms with Gasteiger partial charge in [0.1, 0.15) is 42.3 Å². The third-order valence-corrected chi connectivity index (χ3v) is 12.3. The van der Waals surface area contributed by atoms with Crippen LogP contribution in [-0.4, -0.2) is 128 Å². The molecule has 0 radical (unpaired) electrons. The smallest absolute Gasteiger partial charge is 0.250 e. The molecule has 2 saturated heterocycles. The number of nitrogens with zero attached hydrogens (tertiary/aromatic N) is 6. The molecular weight excluding hydrogens is 833 g/mol. The number of benzene rings is 4. The Balaban J connectivity index is 0.000000196. The zero-order chi connectivity index (χ0) is 46.1. The quantitative estimate of drug-likeness (QED) is 0.125. The predicted molar refractivity (Wildman–Crippen MR) is 257 cm³/mol. The maximum atomic E-state index is 12.5. The molecule has 0 saturated carbocycles. The molecule has 0 spiro atoms. The largest absolute Gasteiger partial charge is 0.497 e. The van der Waals surface area contributed by atoms with Crippen LogP contribution in [0.15, 0.2) is 96.1 Å². The summed E-state index contributed by atoms with van der Waals surface area (Å²) >= 11 is 0. The van der Waals surface area contributed by atoms with Crippen LogP contribution in [0.5, 0.6) is 23.0 Å². The van der Waals surface area contributed by atoms with Crippen molar-refractivity contribution in [3.63, 3.8) is 0 Å². The van der Waals surface area contributed by atoms with E-state index in [0.29, 0.717) is 29.8 Å². The molecule has 0 aromatic heterocycles. The van der Waals surface area contributed by atoms with E-state index in [1.807, 2.05) is 97.1 Å². The number of para-hydroxylation sites is 1. The molecule has 0 bridgehead atoms. The Morgan fingerprint density at radius 2 is 1.11 bits per heavy atom. The second kappa shape index (κ2) is 23.8. The topological polar surface area (TPSA) is 156 Å². The number of amides is 2. The van der Waals surface area contributed by atoms with Crippen molar-refractivity contribution in [2.75, 3.05) is 116 Å². The van der Waals surface area contributed by atoms with E-state index < -0.39 is 0 Å². The second-order valence-corrected chi connectivity index (χ2v) is 16.6. The summed E-state index contributed by atoms with van der Waals surface area (Å²) in [5.74, 6) is 2.88. The van der Waals surface area contributed by atoms with Gasteiger partial charge in [-0.05, 0) is 124 Å². The summed E-state index contributed by atoms with van der Waals surface area (Å²) in [4.78, 5) is 34.6. The summed E-state index contributed by atoms with van der Waals surface area (Å²) in [5.41, 5.74) is 6.64. The number of nitrogens with one attached hydrogen (secondary N) is 2. The van der Waals surface area contributed by atoms with Crippen molar-refractivity contribution >= 4 is 35.3 Å². The van der Waals surface area contributed by atoms with Crippen LogP contribution in [0.1, 0.15) is 47.9 Å².